The van der Waals surface area contributed by atoms with Gasteiger partial charge in [0, 0.05) is 24.3 Å². The third-order valence-corrected chi connectivity index (χ3v) is 4.44. The van der Waals surface area contributed by atoms with Crippen LogP contribution in [0.4, 0.5) is 10.1 Å². The summed E-state index contributed by atoms with van der Waals surface area (Å²) >= 11 is 5.90. The van der Waals surface area contributed by atoms with Gasteiger partial charge in [0.2, 0.25) is 11.8 Å². The molecule has 1 unspecified atom stereocenters. The summed E-state index contributed by atoms with van der Waals surface area (Å²) in [5, 5.41) is 3.28. The molecule has 0 aromatic heterocycles. The number of anilines is 1. The summed E-state index contributed by atoms with van der Waals surface area (Å²) in [6, 6.07) is 12.5. The second kappa shape index (κ2) is 9.48. The fourth-order valence-corrected chi connectivity index (χ4v) is 2.82. The van der Waals surface area contributed by atoms with Crippen LogP contribution in [0.25, 0.3) is 0 Å². The van der Waals surface area contributed by atoms with E-state index in [1.54, 1.807) is 62.3 Å². The van der Waals surface area contributed by atoms with E-state index in [-0.39, 0.29) is 24.2 Å². The Hall–Kier alpha value is -2.44. The molecule has 144 valence electrons. The van der Waals surface area contributed by atoms with Crippen LogP contribution >= 0.6 is 11.6 Å². The number of nitrogens with one attached hydrogen (secondary N) is 1. The van der Waals surface area contributed by atoms with Crippen LogP contribution in [0.1, 0.15) is 12.5 Å². The molecule has 7 heteroatoms. The Morgan fingerprint density at radius 2 is 1.85 bits per heavy atom. The van der Waals surface area contributed by atoms with Crippen LogP contribution in [0.3, 0.4) is 0 Å². The smallest absolute Gasteiger partial charge is 0.239 e. The molecule has 0 radical (unpaired) electrons. The van der Waals surface area contributed by atoms with Crippen molar-refractivity contribution in [3.05, 3.63) is 64.9 Å². The topological polar surface area (TPSA) is 52.7 Å². The summed E-state index contributed by atoms with van der Waals surface area (Å²) in [6.45, 7) is 2.08. The fourth-order valence-electron chi connectivity index (χ4n) is 2.62. The summed E-state index contributed by atoms with van der Waals surface area (Å²) in [4.78, 5) is 28.0. The molecule has 5 nitrogen and oxygen atoms in total. The van der Waals surface area contributed by atoms with Crippen molar-refractivity contribution in [1.82, 2.24) is 9.80 Å². The quantitative estimate of drug-likeness (QED) is 0.787. The highest BCUT2D eigenvalue weighted by atomic mass is 35.5. The van der Waals surface area contributed by atoms with Crippen LogP contribution < -0.4 is 5.32 Å². The summed E-state index contributed by atoms with van der Waals surface area (Å²) in [6.07, 6.45) is 0. The normalized spacial score (nSPS) is 11.9. The predicted molar refractivity (Wildman–Crippen MR) is 105 cm³/mol. The molecule has 0 spiro atoms. The minimum Gasteiger partial charge on any atom is -0.340 e. The number of hydrogen-bond donors (Lipinski definition) is 1. The first-order valence-electron chi connectivity index (χ1n) is 8.51. The highest BCUT2D eigenvalue weighted by molar-refractivity contribution is 6.30. The molecule has 2 rings (SSSR count). The van der Waals surface area contributed by atoms with Crippen LogP contribution in [0.2, 0.25) is 5.02 Å². The highest BCUT2D eigenvalue weighted by Crippen LogP contribution is 2.15. The minimum atomic E-state index is -0.506. The zero-order valence-corrected chi connectivity index (χ0v) is 16.3. The van der Waals surface area contributed by atoms with Gasteiger partial charge in [-0.05, 0) is 49.9 Å². The van der Waals surface area contributed by atoms with Gasteiger partial charge < -0.3 is 10.2 Å². The standard InChI is InChI=1S/C20H23ClFN3O2/c1-14(20(27)25(3)12-15-6-4-8-17(22)10-15)24(2)13-19(26)23-18-9-5-7-16(21)11-18/h4-11,14H,12-13H2,1-3H3,(H,23,26). The monoisotopic (exact) mass is 391 g/mol. The third-order valence-electron chi connectivity index (χ3n) is 4.20. The largest absolute Gasteiger partial charge is 0.340 e. The van der Waals surface area contributed by atoms with E-state index in [1.807, 2.05) is 0 Å². The van der Waals surface area contributed by atoms with E-state index in [1.165, 1.54) is 17.0 Å². The van der Waals surface area contributed by atoms with Crippen molar-refractivity contribution in [3.63, 3.8) is 0 Å². The molecule has 0 aliphatic heterocycles. The van der Waals surface area contributed by atoms with Gasteiger partial charge in [-0.15, -0.1) is 0 Å². The van der Waals surface area contributed by atoms with Crippen molar-refractivity contribution in [3.8, 4) is 0 Å². The maximum Gasteiger partial charge on any atom is 0.239 e. The molecule has 0 saturated carbocycles. The van der Waals surface area contributed by atoms with Gasteiger partial charge >= 0.3 is 0 Å². The van der Waals surface area contributed by atoms with Gasteiger partial charge in [0.15, 0.2) is 0 Å². The van der Waals surface area contributed by atoms with Crippen molar-refractivity contribution in [2.75, 3.05) is 26.0 Å². The summed E-state index contributed by atoms with van der Waals surface area (Å²) in [7, 11) is 3.36. The Kier molecular flexibility index (Phi) is 7.33. The lowest BCUT2D eigenvalue weighted by Gasteiger charge is -2.28. The highest BCUT2D eigenvalue weighted by Gasteiger charge is 2.23. The van der Waals surface area contributed by atoms with Crippen LogP contribution in [-0.4, -0.2) is 48.3 Å². The maximum absolute atomic E-state index is 13.3. The molecular weight excluding hydrogens is 369 g/mol. The Labute approximate surface area is 163 Å². The zero-order chi connectivity index (χ0) is 20.0. The van der Waals surface area contributed by atoms with Crippen LogP contribution in [0.5, 0.6) is 0 Å². The van der Waals surface area contributed by atoms with E-state index in [0.29, 0.717) is 22.8 Å². The summed E-state index contributed by atoms with van der Waals surface area (Å²) in [5.74, 6) is -0.735. The molecule has 1 atom stereocenters. The van der Waals surface area contributed by atoms with Crippen LogP contribution in [-0.2, 0) is 16.1 Å². The Morgan fingerprint density at radius 1 is 1.15 bits per heavy atom. The second-order valence-corrected chi connectivity index (χ2v) is 6.91. The van der Waals surface area contributed by atoms with E-state index in [9.17, 15) is 14.0 Å². The summed E-state index contributed by atoms with van der Waals surface area (Å²) < 4.78 is 13.3. The molecule has 0 heterocycles. The van der Waals surface area contributed by atoms with Gasteiger partial charge in [-0.2, -0.15) is 0 Å². The molecule has 0 fully saturated rings. The average molecular weight is 392 g/mol. The van der Waals surface area contributed by atoms with Crippen molar-refractivity contribution in [2.24, 2.45) is 0 Å². The minimum absolute atomic E-state index is 0.0488. The van der Waals surface area contributed by atoms with Gasteiger partial charge in [-0.1, -0.05) is 29.8 Å². The molecule has 1 N–H and O–H groups in total. The van der Waals surface area contributed by atoms with Gasteiger partial charge in [0.25, 0.3) is 0 Å². The summed E-state index contributed by atoms with van der Waals surface area (Å²) in [5.41, 5.74) is 1.31. The van der Waals surface area contributed by atoms with Crippen molar-refractivity contribution in [2.45, 2.75) is 19.5 Å². The van der Waals surface area contributed by atoms with Gasteiger partial charge in [0.05, 0.1) is 12.6 Å². The first-order valence-corrected chi connectivity index (χ1v) is 8.89. The van der Waals surface area contributed by atoms with E-state index in [2.05, 4.69) is 5.32 Å². The average Bonchev–Trinajstić information content (AvgIpc) is 2.60. The molecule has 27 heavy (non-hydrogen) atoms. The maximum atomic E-state index is 13.3. The molecule has 2 amide bonds. The van der Waals surface area contributed by atoms with Crippen molar-refractivity contribution in [1.29, 1.82) is 0 Å². The Balaban J connectivity index is 1.89. The van der Waals surface area contributed by atoms with E-state index in [0.717, 1.165) is 0 Å². The number of amides is 2. The Morgan fingerprint density at radius 3 is 2.52 bits per heavy atom. The molecular formula is C20H23ClFN3O2. The van der Waals surface area contributed by atoms with Crippen molar-refractivity contribution < 1.29 is 14.0 Å². The molecule has 0 bridgehead atoms. The second-order valence-electron chi connectivity index (χ2n) is 6.47. The van der Waals surface area contributed by atoms with E-state index < -0.39 is 6.04 Å². The molecule has 0 aliphatic carbocycles. The third kappa shape index (κ3) is 6.34. The van der Waals surface area contributed by atoms with Crippen molar-refractivity contribution >= 4 is 29.1 Å². The van der Waals surface area contributed by atoms with E-state index >= 15 is 0 Å². The molecule has 2 aromatic carbocycles. The number of halogens is 2. The number of carbonyl (C=O) groups is 2. The van der Waals surface area contributed by atoms with Crippen LogP contribution in [0, 0.1) is 5.82 Å². The first kappa shape index (κ1) is 20.9. The number of benzene rings is 2. The number of nitrogens with zero attached hydrogens (tertiary/aromatic N) is 2. The number of hydrogen-bond acceptors (Lipinski definition) is 3. The number of rotatable bonds is 7. The Bertz CT molecular complexity index is 815. The van der Waals surface area contributed by atoms with Gasteiger partial charge in [-0.25, -0.2) is 4.39 Å². The molecule has 0 aliphatic rings. The number of carbonyl (C=O) groups excluding carboxylic acids is 2. The molecule has 2 aromatic rings. The van der Waals surface area contributed by atoms with Gasteiger partial charge in [0.1, 0.15) is 5.82 Å². The van der Waals surface area contributed by atoms with Gasteiger partial charge in [-0.3, -0.25) is 14.5 Å². The zero-order valence-electron chi connectivity index (χ0n) is 15.6. The fraction of sp³-hybridized carbons (Fsp3) is 0.300. The van der Waals surface area contributed by atoms with Crippen LogP contribution in [0.15, 0.2) is 48.5 Å². The predicted octanol–water partition coefficient (Wildman–Crippen LogP) is 3.40. The first-order chi connectivity index (χ1) is 12.8. The molecule has 0 saturated heterocycles. The number of likely N-dealkylation sites (N-methyl/N-ethyl adjacent to an activating group) is 2. The van der Waals surface area contributed by atoms with E-state index in [4.69, 9.17) is 11.6 Å². The lowest BCUT2D eigenvalue weighted by molar-refractivity contribution is -0.135. The lowest BCUT2D eigenvalue weighted by Crippen LogP contribution is -2.46. The SMILES string of the molecule is CC(C(=O)N(C)Cc1cccc(F)c1)N(C)CC(=O)Nc1cccc(Cl)c1. The lowest BCUT2D eigenvalue weighted by atomic mass is 10.2.